The lowest BCUT2D eigenvalue weighted by Crippen LogP contribution is -2.32. The third-order valence-corrected chi connectivity index (χ3v) is 3.10. The minimum atomic E-state index is -0.505. The van der Waals surface area contributed by atoms with E-state index >= 15 is 0 Å². The Labute approximate surface area is 111 Å². The van der Waals surface area contributed by atoms with E-state index in [1.165, 1.54) is 17.0 Å². The topological polar surface area (TPSA) is 53.5 Å². The number of nitrogens with zero attached hydrogens (tertiary/aromatic N) is 3. The van der Waals surface area contributed by atoms with Gasteiger partial charge in [-0.3, -0.25) is 4.79 Å². The Kier molecular flexibility index (Phi) is 3.50. The molecular formula is C13H16FN3O2. The second-order valence-corrected chi connectivity index (χ2v) is 5.05. The number of pyridine rings is 1. The molecule has 5 nitrogen and oxygen atoms in total. The Morgan fingerprint density at radius 1 is 1.37 bits per heavy atom. The molecule has 2 rings (SSSR count). The van der Waals surface area contributed by atoms with Crippen molar-refractivity contribution in [1.82, 2.24) is 9.88 Å². The summed E-state index contributed by atoms with van der Waals surface area (Å²) in [7, 11) is 1.59. The number of rotatable bonds is 3. The summed E-state index contributed by atoms with van der Waals surface area (Å²) in [5, 5.41) is 0. The summed E-state index contributed by atoms with van der Waals surface area (Å²) < 4.78 is 12.8. The zero-order valence-electron chi connectivity index (χ0n) is 11.1. The van der Waals surface area contributed by atoms with Gasteiger partial charge in [0, 0.05) is 7.05 Å². The second-order valence-electron chi connectivity index (χ2n) is 5.05. The van der Waals surface area contributed by atoms with Gasteiger partial charge in [-0.05, 0) is 24.5 Å². The summed E-state index contributed by atoms with van der Waals surface area (Å²) in [5.41, 5.74) is 0. The van der Waals surface area contributed by atoms with Gasteiger partial charge in [0.25, 0.3) is 5.91 Å². The van der Waals surface area contributed by atoms with Gasteiger partial charge < -0.3 is 4.90 Å². The van der Waals surface area contributed by atoms with Crippen LogP contribution in [0.1, 0.15) is 20.3 Å². The molecule has 0 saturated carbocycles. The molecule has 0 aromatic carbocycles. The Morgan fingerprint density at radius 3 is 2.58 bits per heavy atom. The molecule has 1 atom stereocenters. The summed E-state index contributed by atoms with van der Waals surface area (Å²) in [5.74, 6) is -0.352. The molecule has 102 valence electrons. The van der Waals surface area contributed by atoms with Crippen LogP contribution >= 0.6 is 0 Å². The van der Waals surface area contributed by atoms with E-state index in [0.717, 1.165) is 11.1 Å². The highest BCUT2D eigenvalue weighted by atomic mass is 19.1. The standard InChI is InChI=1S/C13H16FN3O2/c1-8(2)6-10-12(18)17(13(19)16(10)3)11-5-4-9(14)7-15-11/h4-5,7-8,10H,6H2,1-3H3/t10-/m1/s1. The number of likely N-dealkylation sites (N-methyl/N-ethyl adjacent to an activating group) is 1. The molecule has 1 aromatic rings. The Balaban J connectivity index is 2.29. The van der Waals surface area contributed by atoms with E-state index in [1.807, 2.05) is 13.8 Å². The monoisotopic (exact) mass is 265 g/mol. The van der Waals surface area contributed by atoms with Crippen LogP contribution in [-0.4, -0.2) is 34.9 Å². The fourth-order valence-electron chi connectivity index (χ4n) is 2.12. The van der Waals surface area contributed by atoms with Crippen LogP contribution in [0.15, 0.2) is 18.3 Å². The van der Waals surface area contributed by atoms with Crippen LogP contribution in [0.3, 0.4) is 0 Å². The molecule has 3 amide bonds. The number of hydrogen-bond acceptors (Lipinski definition) is 3. The number of halogens is 1. The molecule has 0 bridgehead atoms. The molecule has 1 saturated heterocycles. The van der Waals surface area contributed by atoms with E-state index < -0.39 is 17.9 Å². The van der Waals surface area contributed by atoms with Crippen molar-refractivity contribution in [2.75, 3.05) is 11.9 Å². The fourth-order valence-corrected chi connectivity index (χ4v) is 2.12. The number of hydrogen-bond donors (Lipinski definition) is 0. The van der Waals surface area contributed by atoms with Crippen LogP contribution < -0.4 is 4.90 Å². The van der Waals surface area contributed by atoms with Gasteiger partial charge in [-0.2, -0.15) is 0 Å². The van der Waals surface area contributed by atoms with Crippen molar-refractivity contribution < 1.29 is 14.0 Å². The van der Waals surface area contributed by atoms with Gasteiger partial charge in [-0.15, -0.1) is 0 Å². The molecule has 2 heterocycles. The van der Waals surface area contributed by atoms with Crippen molar-refractivity contribution in [2.45, 2.75) is 26.3 Å². The molecule has 0 N–H and O–H groups in total. The number of aromatic nitrogens is 1. The molecule has 1 aliphatic rings. The van der Waals surface area contributed by atoms with Gasteiger partial charge in [-0.1, -0.05) is 13.8 Å². The predicted octanol–water partition coefficient (Wildman–Crippen LogP) is 2.03. The number of anilines is 1. The first kappa shape index (κ1) is 13.5. The summed E-state index contributed by atoms with van der Waals surface area (Å²) in [6.45, 7) is 3.98. The maximum atomic E-state index is 12.8. The lowest BCUT2D eigenvalue weighted by molar-refractivity contribution is -0.119. The Hall–Kier alpha value is -1.98. The van der Waals surface area contributed by atoms with Crippen LogP contribution in [0.25, 0.3) is 0 Å². The van der Waals surface area contributed by atoms with Gasteiger partial charge in [0.1, 0.15) is 17.7 Å². The third-order valence-electron chi connectivity index (χ3n) is 3.10. The van der Waals surface area contributed by atoms with Gasteiger partial charge in [0.15, 0.2) is 0 Å². The van der Waals surface area contributed by atoms with Crippen molar-refractivity contribution in [1.29, 1.82) is 0 Å². The number of carbonyl (C=O) groups excluding carboxylic acids is 2. The van der Waals surface area contributed by atoms with Crippen LogP contribution in [-0.2, 0) is 4.79 Å². The fraction of sp³-hybridized carbons (Fsp3) is 0.462. The van der Waals surface area contributed by atoms with E-state index in [1.54, 1.807) is 7.05 Å². The van der Waals surface area contributed by atoms with Crippen molar-refractivity contribution in [3.05, 3.63) is 24.1 Å². The number of imide groups is 1. The zero-order valence-corrected chi connectivity index (χ0v) is 11.1. The normalized spacial score (nSPS) is 19.7. The van der Waals surface area contributed by atoms with E-state index in [2.05, 4.69) is 4.98 Å². The van der Waals surface area contributed by atoms with E-state index in [9.17, 15) is 14.0 Å². The van der Waals surface area contributed by atoms with Crippen molar-refractivity contribution in [3.8, 4) is 0 Å². The van der Waals surface area contributed by atoms with Crippen molar-refractivity contribution in [3.63, 3.8) is 0 Å². The second kappa shape index (κ2) is 4.95. The molecule has 0 aliphatic carbocycles. The van der Waals surface area contributed by atoms with Gasteiger partial charge >= 0.3 is 6.03 Å². The van der Waals surface area contributed by atoms with Crippen LogP contribution in [0, 0.1) is 11.7 Å². The number of amides is 3. The minimum Gasteiger partial charge on any atom is -0.315 e. The third kappa shape index (κ3) is 2.43. The molecule has 0 unspecified atom stereocenters. The first-order valence-electron chi connectivity index (χ1n) is 6.14. The highest BCUT2D eigenvalue weighted by Gasteiger charge is 2.44. The van der Waals surface area contributed by atoms with Crippen LogP contribution in [0.4, 0.5) is 15.0 Å². The van der Waals surface area contributed by atoms with Gasteiger partial charge in [0.2, 0.25) is 0 Å². The van der Waals surface area contributed by atoms with E-state index in [-0.39, 0.29) is 11.7 Å². The molecule has 1 aliphatic heterocycles. The summed E-state index contributed by atoms with van der Waals surface area (Å²) >= 11 is 0. The first-order valence-corrected chi connectivity index (χ1v) is 6.14. The maximum Gasteiger partial charge on any atom is 0.333 e. The zero-order chi connectivity index (χ0) is 14.2. The predicted molar refractivity (Wildman–Crippen MR) is 68.1 cm³/mol. The maximum absolute atomic E-state index is 12.8. The number of urea groups is 1. The highest BCUT2D eigenvalue weighted by Crippen LogP contribution is 2.25. The number of carbonyl (C=O) groups is 2. The summed E-state index contributed by atoms with van der Waals surface area (Å²) in [6.07, 6.45) is 1.59. The molecular weight excluding hydrogens is 249 g/mol. The molecule has 0 spiro atoms. The Bertz CT molecular complexity index is 501. The summed E-state index contributed by atoms with van der Waals surface area (Å²) in [4.78, 5) is 30.6. The average Bonchev–Trinajstić information content (AvgIpc) is 2.55. The minimum absolute atomic E-state index is 0.162. The van der Waals surface area contributed by atoms with E-state index in [4.69, 9.17) is 0 Å². The lowest BCUT2D eigenvalue weighted by atomic mass is 10.0. The lowest BCUT2D eigenvalue weighted by Gasteiger charge is -2.17. The molecule has 6 heteroatoms. The Morgan fingerprint density at radius 2 is 2.05 bits per heavy atom. The molecule has 1 aromatic heterocycles. The van der Waals surface area contributed by atoms with Gasteiger partial charge in [-0.25, -0.2) is 19.1 Å². The van der Waals surface area contributed by atoms with E-state index in [0.29, 0.717) is 12.3 Å². The van der Waals surface area contributed by atoms with Crippen molar-refractivity contribution >= 4 is 17.8 Å². The van der Waals surface area contributed by atoms with Gasteiger partial charge in [0.05, 0.1) is 6.20 Å². The SMILES string of the molecule is CC(C)C[C@@H]1C(=O)N(c2ccc(F)cn2)C(=O)N1C. The molecule has 0 radical (unpaired) electrons. The molecule has 19 heavy (non-hydrogen) atoms. The highest BCUT2D eigenvalue weighted by molar-refractivity contribution is 6.20. The largest absolute Gasteiger partial charge is 0.333 e. The first-order chi connectivity index (χ1) is 8.91. The van der Waals surface area contributed by atoms with Crippen molar-refractivity contribution in [2.24, 2.45) is 5.92 Å². The average molecular weight is 265 g/mol. The van der Waals surface area contributed by atoms with Crippen LogP contribution in [0.2, 0.25) is 0 Å². The summed E-state index contributed by atoms with van der Waals surface area (Å²) in [6, 6.07) is 1.61. The molecule has 1 fully saturated rings. The quantitative estimate of drug-likeness (QED) is 0.786. The smallest absolute Gasteiger partial charge is 0.315 e. The van der Waals surface area contributed by atoms with Crippen LogP contribution in [0.5, 0.6) is 0 Å².